The van der Waals surface area contributed by atoms with Gasteiger partial charge in [0, 0.05) is 43.4 Å². The van der Waals surface area contributed by atoms with Gasteiger partial charge in [0.15, 0.2) is 0 Å². The van der Waals surface area contributed by atoms with Crippen molar-refractivity contribution in [3.63, 3.8) is 0 Å². The number of carbonyl (C=O) groups excluding carboxylic acids is 1. The summed E-state index contributed by atoms with van der Waals surface area (Å²) >= 11 is 0. The predicted octanol–water partition coefficient (Wildman–Crippen LogP) is 5.61. The Bertz CT molecular complexity index is 1710. The molecular formula is C34H42N4O5S. The topological polar surface area (TPSA) is 132 Å². The summed E-state index contributed by atoms with van der Waals surface area (Å²) in [5, 5.41) is 19.7. The van der Waals surface area contributed by atoms with Crippen LogP contribution in [0.5, 0.6) is 0 Å². The summed E-state index contributed by atoms with van der Waals surface area (Å²) < 4.78 is 31.7. The van der Waals surface area contributed by atoms with Crippen LogP contribution >= 0.6 is 0 Å². The molecule has 1 saturated carbocycles. The number of rotatable bonds is 8. The van der Waals surface area contributed by atoms with Gasteiger partial charge in [-0.25, -0.2) is 13.1 Å². The van der Waals surface area contributed by atoms with Crippen molar-refractivity contribution < 1.29 is 23.1 Å². The third-order valence-corrected chi connectivity index (χ3v) is 10.9. The number of carbonyl (C=O) groups is 2. The van der Waals surface area contributed by atoms with E-state index in [0.29, 0.717) is 54.3 Å². The molecule has 2 N–H and O–H groups in total. The molecule has 2 heterocycles. The first-order chi connectivity index (χ1) is 20.8. The van der Waals surface area contributed by atoms with E-state index in [-0.39, 0.29) is 40.6 Å². The van der Waals surface area contributed by atoms with Gasteiger partial charge in [-0.05, 0) is 73.6 Å². The number of benzene rings is 2. The Labute approximate surface area is 259 Å². The number of nitrogens with zero attached hydrogens (tertiary/aromatic N) is 3. The van der Waals surface area contributed by atoms with Crippen LogP contribution in [0.2, 0.25) is 0 Å². The number of carboxylic acid groups (broad SMARTS) is 1. The van der Waals surface area contributed by atoms with Crippen LogP contribution < -0.4 is 4.72 Å². The van der Waals surface area contributed by atoms with E-state index in [2.05, 4.69) is 36.5 Å². The highest BCUT2D eigenvalue weighted by Gasteiger charge is 2.40. The lowest BCUT2D eigenvalue weighted by atomic mass is 9.82. The van der Waals surface area contributed by atoms with Crippen molar-refractivity contribution in [1.82, 2.24) is 14.2 Å². The van der Waals surface area contributed by atoms with Crippen LogP contribution in [0, 0.1) is 22.7 Å². The van der Waals surface area contributed by atoms with Crippen molar-refractivity contribution in [1.29, 1.82) is 5.26 Å². The zero-order valence-corrected chi connectivity index (χ0v) is 26.8. The Balaban J connectivity index is 1.30. The minimum absolute atomic E-state index is 0.0398. The van der Waals surface area contributed by atoms with Gasteiger partial charge in [-0.2, -0.15) is 5.26 Å². The molecule has 3 aromatic rings. The zero-order chi connectivity index (χ0) is 31.8. The number of aliphatic carboxylic acids is 1. The Hall–Kier alpha value is -3.68. The first kappa shape index (κ1) is 31.7. The number of amides is 1. The number of likely N-dealkylation sites (tertiary alicyclic amines) is 1. The van der Waals surface area contributed by atoms with Gasteiger partial charge >= 0.3 is 5.97 Å². The minimum Gasteiger partial charge on any atom is -0.481 e. The Kier molecular flexibility index (Phi) is 8.92. The number of hydrogen-bond acceptors (Lipinski definition) is 5. The van der Waals surface area contributed by atoms with Gasteiger partial charge in [0.1, 0.15) is 6.07 Å². The molecule has 10 heteroatoms. The van der Waals surface area contributed by atoms with E-state index >= 15 is 0 Å². The van der Waals surface area contributed by atoms with Gasteiger partial charge in [-0.1, -0.05) is 51.1 Å². The standard InChI is InChI=1S/C34H42N4O5S/c1-34(2,3)30-6-5-19-38(30)33(41)24-12-14-25(15-13-24)36-44(42,43)26-16-17-27-28(21-35)32(37(4)29(27)20-26)23-10-7-22(8-11-23)9-18-31(39)40/h7-8,10-11,16-17,20,24-25,30,36H,5-6,9,12-15,18-19H2,1-4H3,(H,39,40). The third-order valence-electron chi connectivity index (χ3n) is 9.38. The maximum absolute atomic E-state index is 13.5. The highest BCUT2D eigenvalue weighted by molar-refractivity contribution is 7.89. The molecular weight excluding hydrogens is 576 g/mol. The van der Waals surface area contributed by atoms with Gasteiger partial charge in [-0.15, -0.1) is 0 Å². The maximum Gasteiger partial charge on any atom is 0.303 e. The molecule has 2 aromatic carbocycles. The number of carboxylic acids is 1. The smallest absolute Gasteiger partial charge is 0.303 e. The molecule has 5 rings (SSSR count). The molecule has 234 valence electrons. The molecule has 2 fully saturated rings. The van der Waals surface area contributed by atoms with Crippen LogP contribution in [0.15, 0.2) is 47.4 Å². The number of hydrogen-bond donors (Lipinski definition) is 2. The molecule has 0 radical (unpaired) electrons. The molecule has 1 saturated heterocycles. The monoisotopic (exact) mass is 618 g/mol. The highest BCUT2D eigenvalue weighted by Crippen LogP contribution is 2.37. The molecule has 1 unspecified atom stereocenters. The second-order valence-electron chi connectivity index (χ2n) is 13.4. The molecule has 1 amide bonds. The zero-order valence-electron chi connectivity index (χ0n) is 26.0. The maximum atomic E-state index is 13.5. The Morgan fingerprint density at radius 2 is 1.73 bits per heavy atom. The lowest BCUT2D eigenvalue weighted by Gasteiger charge is -2.38. The fraction of sp³-hybridized carbons (Fsp3) is 0.500. The average Bonchev–Trinajstić information content (AvgIpc) is 3.59. The van der Waals surface area contributed by atoms with Crippen LogP contribution in [0.3, 0.4) is 0 Å². The second kappa shape index (κ2) is 12.4. The van der Waals surface area contributed by atoms with Crippen molar-refractivity contribution in [3.05, 3.63) is 53.6 Å². The summed E-state index contributed by atoms with van der Waals surface area (Å²) in [4.78, 5) is 26.5. The number of nitrogens with one attached hydrogen (secondary N) is 1. The van der Waals surface area contributed by atoms with E-state index in [4.69, 9.17) is 5.11 Å². The van der Waals surface area contributed by atoms with Crippen molar-refractivity contribution in [3.8, 4) is 17.3 Å². The SMILES string of the molecule is Cn1c(-c2ccc(CCC(=O)O)cc2)c(C#N)c2ccc(S(=O)(=O)NC3CCC(C(=O)N4CCCC4C(C)(C)C)CC3)cc21. The van der Waals surface area contributed by atoms with Gasteiger partial charge in [-0.3, -0.25) is 9.59 Å². The quantitative estimate of drug-likeness (QED) is 0.337. The summed E-state index contributed by atoms with van der Waals surface area (Å²) in [6.45, 7) is 7.37. The number of sulfonamides is 1. The molecule has 1 aliphatic heterocycles. The van der Waals surface area contributed by atoms with E-state index in [1.54, 1.807) is 18.2 Å². The largest absolute Gasteiger partial charge is 0.481 e. The van der Waals surface area contributed by atoms with Gasteiger partial charge in [0.05, 0.1) is 21.7 Å². The van der Waals surface area contributed by atoms with Gasteiger partial charge in [0.2, 0.25) is 15.9 Å². The van der Waals surface area contributed by atoms with Crippen LogP contribution in [0.1, 0.15) is 76.8 Å². The normalized spacial score (nSPS) is 21.0. The van der Waals surface area contributed by atoms with Crippen molar-refractivity contribution in [2.24, 2.45) is 18.4 Å². The average molecular weight is 619 g/mol. The first-order valence-electron chi connectivity index (χ1n) is 15.5. The lowest BCUT2D eigenvalue weighted by Crippen LogP contribution is -2.47. The summed E-state index contributed by atoms with van der Waals surface area (Å²) in [6.07, 6.45) is 5.08. The predicted molar refractivity (Wildman–Crippen MR) is 169 cm³/mol. The summed E-state index contributed by atoms with van der Waals surface area (Å²) in [7, 11) is -2.02. The summed E-state index contributed by atoms with van der Waals surface area (Å²) in [6, 6.07) is 14.6. The third kappa shape index (κ3) is 6.40. The second-order valence-corrected chi connectivity index (χ2v) is 15.1. The van der Waals surface area contributed by atoms with Crippen LogP contribution in [0.4, 0.5) is 0 Å². The fourth-order valence-electron chi connectivity index (χ4n) is 7.03. The first-order valence-corrected chi connectivity index (χ1v) is 16.9. The van der Waals surface area contributed by atoms with E-state index < -0.39 is 16.0 Å². The van der Waals surface area contributed by atoms with Crippen LogP contribution in [-0.2, 0) is 33.1 Å². The molecule has 0 bridgehead atoms. The Morgan fingerprint density at radius 1 is 1.05 bits per heavy atom. The van der Waals surface area contributed by atoms with Crippen molar-refractivity contribution >= 4 is 32.8 Å². The lowest BCUT2D eigenvalue weighted by molar-refractivity contribution is -0.139. The number of nitriles is 1. The summed E-state index contributed by atoms with van der Waals surface area (Å²) in [5.41, 5.74) is 3.47. The van der Waals surface area contributed by atoms with Gasteiger partial charge in [0.25, 0.3) is 0 Å². The molecule has 1 aliphatic carbocycles. The molecule has 2 aliphatic rings. The Morgan fingerprint density at radius 3 is 2.34 bits per heavy atom. The van der Waals surface area contributed by atoms with E-state index in [1.807, 2.05) is 35.9 Å². The van der Waals surface area contributed by atoms with Gasteiger partial charge < -0.3 is 14.6 Å². The molecule has 44 heavy (non-hydrogen) atoms. The van der Waals surface area contributed by atoms with Crippen molar-refractivity contribution in [2.75, 3.05) is 6.54 Å². The number of fused-ring (bicyclic) bond motifs is 1. The fourth-order valence-corrected chi connectivity index (χ4v) is 8.35. The minimum atomic E-state index is -3.83. The van der Waals surface area contributed by atoms with E-state index in [0.717, 1.165) is 30.5 Å². The number of aromatic nitrogens is 1. The van der Waals surface area contributed by atoms with Crippen molar-refractivity contribution in [2.45, 2.75) is 89.1 Å². The van der Waals surface area contributed by atoms with E-state index in [9.17, 15) is 23.3 Å². The van der Waals surface area contributed by atoms with E-state index in [1.165, 1.54) is 0 Å². The molecule has 0 spiro atoms. The molecule has 1 aromatic heterocycles. The highest BCUT2D eigenvalue weighted by atomic mass is 32.2. The van der Waals surface area contributed by atoms with Crippen LogP contribution in [0.25, 0.3) is 22.2 Å². The van der Waals surface area contributed by atoms with Crippen LogP contribution in [-0.4, -0.2) is 53.5 Å². The number of aryl methyl sites for hydroxylation is 2. The molecule has 9 nitrogen and oxygen atoms in total. The summed E-state index contributed by atoms with van der Waals surface area (Å²) in [5.74, 6) is -0.700. The molecule has 1 atom stereocenters.